The molecule has 2 aliphatic carbocycles. The second-order valence-electron chi connectivity index (χ2n) is 7.00. The zero-order chi connectivity index (χ0) is 18.7. The second-order valence-corrected chi connectivity index (χ2v) is 7.00. The Labute approximate surface area is 153 Å². The molecule has 5 atom stereocenters. The van der Waals surface area contributed by atoms with Crippen LogP contribution in [0.25, 0.3) is 0 Å². The zero-order valence-electron chi connectivity index (χ0n) is 17.5. The Kier molecular flexibility index (Phi) is 12.2. The van der Waals surface area contributed by atoms with Crippen molar-refractivity contribution in [1.29, 1.82) is 0 Å². The number of hydrogen-bond acceptors (Lipinski definition) is 0. The Hall–Kier alpha value is -0.780. The van der Waals surface area contributed by atoms with E-state index in [0.29, 0.717) is 11.8 Å². The van der Waals surface area contributed by atoms with Crippen LogP contribution in [-0.4, -0.2) is 0 Å². The maximum Gasteiger partial charge on any atom is -0.0136 e. The average molecular weight is 333 g/mol. The first-order chi connectivity index (χ1) is 11.6. The van der Waals surface area contributed by atoms with Gasteiger partial charge in [-0.15, -0.1) is 6.58 Å². The van der Waals surface area contributed by atoms with Crippen LogP contribution in [-0.2, 0) is 0 Å². The minimum atomic E-state index is 0.637. The molecule has 2 aliphatic rings. The summed E-state index contributed by atoms with van der Waals surface area (Å²) in [6, 6.07) is 0. The minimum absolute atomic E-state index is 0.637. The van der Waals surface area contributed by atoms with Crippen molar-refractivity contribution in [3.8, 4) is 0 Å². The average Bonchev–Trinajstić information content (AvgIpc) is 2.62. The summed E-state index contributed by atoms with van der Waals surface area (Å²) < 4.78 is 0. The minimum Gasteiger partial charge on any atom is -0.103 e. The zero-order valence-corrected chi connectivity index (χ0v) is 17.5. The van der Waals surface area contributed by atoms with E-state index in [1.54, 1.807) is 5.57 Å². The molecule has 0 saturated heterocycles. The molecule has 140 valence electrons. The monoisotopic (exact) mass is 332 g/mol. The van der Waals surface area contributed by atoms with E-state index in [0.717, 1.165) is 17.8 Å². The Morgan fingerprint density at radius 1 is 0.917 bits per heavy atom. The van der Waals surface area contributed by atoms with E-state index in [-0.39, 0.29) is 0 Å². The maximum absolute atomic E-state index is 4.55. The lowest BCUT2D eigenvalue weighted by Gasteiger charge is -2.51. The van der Waals surface area contributed by atoms with Gasteiger partial charge in [0.2, 0.25) is 0 Å². The summed E-state index contributed by atoms with van der Waals surface area (Å²) in [5.74, 6) is 3.68. The van der Waals surface area contributed by atoms with Crippen molar-refractivity contribution in [3.05, 3.63) is 37.0 Å². The van der Waals surface area contributed by atoms with E-state index in [1.165, 1.54) is 50.5 Å². The second kappa shape index (κ2) is 12.6. The van der Waals surface area contributed by atoms with Crippen molar-refractivity contribution >= 4 is 0 Å². The molecule has 0 aliphatic heterocycles. The molecule has 24 heavy (non-hydrogen) atoms. The summed E-state index contributed by atoms with van der Waals surface area (Å²) >= 11 is 0. The van der Waals surface area contributed by atoms with Gasteiger partial charge in [-0.25, -0.2) is 0 Å². The van der Waals surface area contributed by atoms with Gasteiger partial charge in [0.15, 0.2) is 0 Å². The largest absolute Gasteiger partial charge is 0.103 e. The highest BCUT2D eigenvalue weighted by Gasteiger charge is 2.45. The molecular formula is C24H44. The number of fused-ring (bicyclic) bond motifs is 1. The topological polar surface area (TPSA) is 0 Å². The predicted molar refractivity (Wildman–Crippen MR) is 112 cm³/mol. The summed E-state index contributed by atoms with van der Waals surface area (Å²) in [6.07, 6.45) is 11.2. The third kappa shape index (κ3) is 5.36. The van der Waals surface area contributed by atoms with Gasteiger partial charge in [-0.3, -0.25) is 0 Å². The van der Waals surface area contributed by atoms with Gasteiger partial charge in [0.1, 0.15) is 0 Å². The first-order valence-corrected chi connectivity index (χ1v) is 10.6. The van der Waals surface area contributed by atoms with Crippen LogP contribution in [0.3, 0.4) is 0 Å². The van der Waals surface area contributed by atoms with Crippen LogP contribution in [0.1, 0.15) is 86.5 Å². The lowest BCUT2D eigenvalue weighted by Crippen LogP contribution is -2.42. The van der Waals surface area contributed by atoms with Crippen LogP contribution < -0.4 is 0 Å². The van der Waals surface area contributed by atoms with E-state index in [4.69, 9.17) is 0 Å². The van der Waals surface area contributed by atoms with Crippen LogP contribution in [0, 0.1) is 29.6 Å². The number of rotatable bonds is 5. The maximum atomic E-state index is 4.55. The molecule has 0 N–H and O–H groups in total. The lowest BCUT2D eigenvalue weighted by atomic mass is 9.54. The molecule has 0 aromatic rings. The standard InChI is InChI=1S/C20H32.2C2H6/c1-6-9-17-15(5)18(10-7-2)19-12-11-14(4)13-20(19)16(17)8-3;2*1-2/h8,16-20H,3-7,9-13H2,1-2H3;2*1-2H3/t16-,17+,18+,19?,20-;;/m0../s1. The lowest BCUT2D eigenvalue weighted by molar-refractivity contribution is 0.0838. The molecule has 0 aromatic heterocycles. The highest BCUT2D eigenvalue weighted by molar-refractivity contribution is 5.21. The molecule has 0 aromatic carbocycles. The highest BCUT2D eigenvalue weighted by Crippen LogP contribution is 2.54. The van der Waals surface area contributed by atoms with Gasteiger partial charge in [-0.2, -0.15) is 0 Å². The fraction of sp³-hybridized carbons (Fsp3) is 0.750. The van der Waals surface area contributed by atoms with Crippen LogP contribution in [0.2, 0.25) is 0 Å². The van der Waals surface area contributed by atoms with E-state index >= 15 is 0 Å². The predicted octanol–water partition coefficient (Wildman–Crippen LogP) is 8.22. The normalized spacial score (nSPS) is 31.8. The molecule has 2 fully saturated rings. The Bertz CT molecular complexity index is 375. The van der Waals surface area contributed by atoms with Gasteiger partial charge in [0.05, 0.1) is 0 Å². The molecule has 0 nitrogen and oxygen atoms in total. The van der Waals surface area contributed by atoms with Crippen LogP contribution in [0.15, 0.2) is 37.0 Å². The highest BCUT2D eigenvalue weighted by atomic mass is 14.5. The first kappa shape index (κ1) is 23.2. The smallest absolute Gasteiger partial charge is 0.0136 e. The molecule has 0 amide bonds. The molecule has 2 rings (SSSR count). The van der Waals surface area contributed by atoms with E-state index in [1.807, 2.05) is 27.7 Å². The van der Waals surface area contributed by atoms with Gasteiger partial charge < -0.3 is 0 Å². The fourth-order valence-corrected chi connectivity index (χ4v) is 4.93. The third-order valence-electron chi connectivity index (χ3n) is 5.81. The summed E-state index contributed by atoms with van der Waals surface area (Å²) in [7, 11) is 0. The number of allylic oxidation sites excluding steroid dienone is 3. The summed E-state index contributed by atoms with van der Waals surface area (Å²) in [6.45, 7) is 25.6. The van der Waals surface area contributed by atoms with Gasteiger partial charge in [-0.1, -0.05) is 84.8 Å². The number of hydrogen-bond donors (Lipinski definition) is 0. The Balaban J connectivity index is 0.00000123. The molecule has 0 spiro atoms. The van der Waals surface area contributed by atoms with Gasteiger partial charge in [0.25, 0.3) is 0 Å². The quantitative estimate of drug-likeness (QED) is 0.445. The molecule has 1 unspecified atom stereocenters. The molecule has 0 radical (unpaired) electrons. The van der Waals surface area contributed by atoms with Crippen molar-refractivity contribution in [1.82, 2.24) is 0 Å². The van der Waals surface area contributed by atoms with Crippen molar-refractivity contribution in [2.45, 2.75) is 86.5 Å². The Morgan fingerprint density at radius 2 is 1.46 bits per heavy atom. The third-order valence-corrected chi connectivity index (χ3v) is 5.81. The van der Waals surface area contributed by atoms with Crippen LogP contribution in [0.4, 0.5) is 0 Å². The van der Waals surface area contributed by atoms with Gasteiger partial charge in [0, 0.05) is 0 Å². The van der Waals surface area contributed by atoms with Gasteiger partial charge in [-0.05, 0) is 61.7 Å². The molecule has 2 saturated carbocycles. The molecule has 0 bridgehead atoms. The molecule has 0 heterocycles. The summed E-state index contributed by atoms with van der Waals surface area (Å²) in [4.78, 5) is 0. The fourth-order valence-electron chi connectivity index (χ4n) is 4.93. The molecular weight excluding hydrogens is 288 g/mol. The molecule has 0 heteroatoms. The van der Waals surface area contributed by atoms with Crippen LogP contribution in [0.5, 0.6) is 0 Å². The van der Waals surface area contributed by atoms with Crippen molar-refractivity contribution in [3.63, 3.8) is 0 Å². The van der Waals surface area contributed by atoms with Crippen LogP contribution >= 0.6 is 0 Å². The van der Waals surface area contributed by atoms with Crippen molar-refractivity contribution in [2.75, 3.05) is 0 Å². The Morgan fingerprint density at radius 3 is 1.96 bits per heavy atom. The first-order valence-electron chi connectivity index (χ1n) is 10.6. The van der Waals surface area contributed by atoms with Gasteiger partial charge >= 0.3 is 0 Å². The SMILES string of the molecule is C=C[C@H]1[C@H](CCC)C(=C)[C@@H](CCC)C2CCC(=C)C[C@H]21.CC.CC. The van der Waals surface area contributed by atoms with E-state index in [2.05, 4.69) is 39.7 Å². The van der Waals surface area contributed by atoms with E-state index in [9.17, 15) is 0 Å². The van der Waals surface area contributed by atoms with E-state index < -0.39 is 0 Å². The summed E-state index contributed by atoms with van der Waals surface area (Å²) in [5.41, 5.74) is 3.02. The van der Waals surface area contributed by atoms with Crippen molar-refractivity contribution < 1.29 is 0 Å². The van der Waals surface area contributed by atoms with Crippen molar-refractivity contribution in [2.24, 2.45) is 29.6 Å². The summed E-state index contributed by atoms with van der Waals surface area (Å²) in [5, 5.41) is 0.